The number of likely N-dealkylation sites (tertiary alicyclic amines) is 2. The number of piperidine rings is 1. The van der Waals surface area contributed by atoms with Crippen LogP contribution in [0.2, 0.25) is 0 Å². The fourth-order valence-corrected chi connectivity index (χ4v) is 3.10. The summed E-state index contributed by atoms with van der Waals surface area (Å²) in [6.45, 7) is 5.40. The van der Waals surface area contributed by atoms with Crippen LogP contribution in [0.25, 0.3) is 0 Å². The third-order valence-corrected chi connectivity index (χ3v) is 4.26. The second-order valence-electron chi connectivity index (χ2n) is 5.76. The molecule has 0 atom stereocenters. The van der Waals surface area contributed by atoms with Crippen LogP contribution in [0, 0.1) is 0 Å². The first-order chi connectivity index (χ1) is 9.72. The lowest BCUT2D eigenvalue weighted by atomic mass is 10.0. The van der Waals surface area contributed by atoms with Crippen LogP contribution >= 0.6 is 0 Å². The quantitative estimate of drug-likeness (QED) is 0.901. The first kappa shape index (κ1) is 13.5. The van der Waals surface area contributed by atoms with Crippen molar-refractivity contribution in [3.05, 3.63) is 29.6 Å². The van der Waals surface area contributed by atoms with Gasteiger partial charge in [0.1, 0.15) is 5.69 Å². The molecule has 0 bridgehead atoms. The summed E-state index contributed by atoms with van der Waals surface area (Å²) < 4.78 is 0. The van der Waals surface area contributed by atoms with Crippen molar-refractivity contribution in [3.8, 4) is 0 Å². The van der Waals surface area contributed by atoms with Gasteiger partial charge >= 0.3 is 5.97 Å². The van der Waals surface area contributed by atoms with Crippen LogP contribution in [0.5, 0.6) is 0 Å². The molecule has 5 heteroatoms. The third-order valence-electron chi connectivity index (χ3n) is 4.26. The molecule has 108 valence electrons. The van der Waals surface area contributed by atoms with E-state index in [1.807, 2.05) is 6.07 Å². The molecule has 3 heterocycles. The van der Waals surface area contributed by atoms with Crippen LogP contribution in [0.3, 0.4) is 0 Å². The molecule has 20 heavy (non-hydrogen) atoms. The number of pyridine rings is 1. The van der Waals surface area contributed by atoms with Gasteiger partial charge in [0.15, 0.2) is 0 Å². The van der Waals surface area contributed by atoms with Crippen LogP contribution in [-0.2, 0) is 6.54 Å². The molecule has 0 saturated carbocycles. The van der Waals surface area contributed by atoms with Crippen LogP contribution < -0.4 is 0 Å². The topological polar surface area (TPSA) is 56.7 Å². The number of rotatable bonds is 4. The molecule has 0 aliphatic carbocycles. The van der Waals surface area contributed by atoms with Crippen molar-refractivity contribution >= 4 is 5.97 Å². The number of carboxylic acids is 1. The van der Waals surface area contributed by atoms with Gasteiger partial charge < -0.3 is 5.11 Å². The number of aromatic nitrogens is 1. The minimum Gasteiger partial charge on any atom is -0.477 e. The lowest BCUT2D eigenvalue weighted by molar-refractivity contribution is 0.0178. The maximum atomic E-state index is 10.9. The molecule has 1 aromatic heterocycles. The van der Waals surface area contributed by atoms with E-state index in [0.29, 0.717) is 6.04 Å². The van der Waals surface area contributed by atoms with E-state index in [1.165, 1.54) is 32.4 Å². The van der Waals surface area contributed by atoms with Gasteiger partial charge in [0.25, 0.3) is 0 Å². The van der Waals surface area contributed by atoms with Gasteiger partial charge in [0, 0.05) is 25.7 Å². The number of hydrogen-bond donors (Lipinski definition) is 1. The molecule has 0 spiro atoms. The zero-order valence-electron chi connectivity index (χ0n) is 11.7. The van der Waals surface area contributed by atoms with Crippen molar-refractivity contribution in [2.24, 2.45) is 0 Å². The molecular weight excluding hydrogens is 254 g/mol. The van der Waals surface area contributed by atoms with E-state index >= 15 is 0 Å². The maximum Gasteiger partial charge on any atom is 0.354 e. The summed E-state index contributed by atoms with van der Waals surface area (Å²) in [7, 11) is 0. The van der Waals surface area contributed by atoms with Crippen LogP contribution in [0.4, 0.5) is 0 Å². The highest BCUT2D eigenvalue weighted by molar-refractivity contribution is 5.85. The van der Waals surface area contributed by atoms with E-state index in [-0.39, 0.29) is 5.69 Å². The summed E-state index contributed by atoms with van der Waals surface area (Å²) in [6.07, 6.45) is 4.04. The van der Waals surface area contributed by atoms with Crippen LogP contribution in [0.15, 0.2) is 18.2 Å². The third kappa shape index (κ3) is 2.99. The van der Waals surface area contributed by atoms with E-state index in [2.05, 4.69) is 14.8 Å². The van der Waals surface area contributed by atoms with E-state index in [1.54, 1.807) is 12.1 Å². The first-order valence-corrected chi connectivity index (χ1v) is 7.38. The zero-order chi connectivity index (χ0) is 13.9. The van der Waals surface area contributed by atoms with Gasteiger partial charge in [0.2, 0.25) is 0 Å². The van der Waals surface area contributed by atoms with Crippen molar-refractivity contribution in [1.29, 1.82) is 0 Å². The van der Waals surface area contributed by atoms with Crippen molar-refractivity contribution < 1.29 is 9.90 Å². The van der Waals surface area contributed by atoms with E-state index in [0.717, 1.165) is 25.3 Å². The molecule has 2 aliphatic rings. The Morgan fingerprint density at radius 2 is 2.00 bits per heavy atom. The fraction of sp³-hybridized carbons (Fsp3) is 0.600. The molecule has 2 aliphatic heterocycles. The van der Waals surface area contributed by atoms with E-state index < -0.39 is 5.97 Å². The highest BCUT2D eigenvalue weighted by atomic mass is 16.4. The fourth-order valence-electron chi connectivity index (χ4n) is 3.10. The van der Waals surface area contributed by atoms with Gasteiger partial charge in [-0.25, -0.2) is 9.78 Å². The van der Waals surface area contributed by atoms with Gasteiger partial charge in [0.05, 0.1) is 5.69 Å². The second-order valence-corrected chi connectivity index (χ2v) is 5.76. The summed E-state index contributed by atoms with van der Waals surface area (Å²) in [5, 5.41) is 8.94. The predicted octanol–water partition coefficient (Wildman–Crippen LogP) is 1.45. The van der Waals surface area contributed by atoms with Crippen LogP contribution in [0.1, 0.15) is 35.4 Å². The summed E-state index contributed by atoms with van der Waals surface area (Å²) >= 11 is 0. The normalized spacial score (nSPS) is 21.6. The monoisotopic (exact) mass is 275 g/mol. The first-order valence-electron chi connectivity index (χ1n) is 7.38. The Morgan fingerprint density at radius 1 is 1.25 bits per heavy atom. The van der Waals surface area contributed by atoms with Crippen LogP contribution in [-0.4, -0.2) is 58.1 Å². The Kier molecular flexibility index (Phi) is 3.98. The molecule has 1 N–H and O–H groups in total. The van der Waals surface area contributed by atoms with Crippen molar-refractivity contribution in [1.82, 2.24) is 14.8 Å². The molecule has 3 rings (SSSR count). The minimum atomic E-state index is -0.957. The molecular formula is C15H21N3O2. The molecule has 5 nitrogen and oxygen atoms in total. The van der Waals surface area contributed by atoms with Crippen molar-refractivity contribution in [2.75, 3.05) is 26.2 Å². The van der Waals surface area contributed by atoms with Crippen molar-refractivity contribution in [2.45, 2.75) is 31.8 Å². The number of aromatic carboxylic acids is 1. The van der Waals surface area contributed by atoms with Gasteiger partial charge in [-0.15, -0.1) is 0 Å². The SMILES string of the molecule is O=C(O)c1cccc(CN2CC(N3CCCCC3)C2)n1. The summed E-state index contributed by atoms with van der Waals surface area (Å²) in [6, 6.07) is 5.91. The summed E-state index contributed by atoms with van der Waals surface area (Å²) in [5.41, 5.74) is 0.984. The van der Waals surface area contributed by atoms with Crippen molar-refractivity contribution in [3.63, 3.8) is 0 Å². The number of nitrogens with zero attached hydrogens (tertiary/aromatic N) is 3. The maximum absolute atomic E-state index is 10.9. The van der Waals surface area contributed by atoms with E-state index in [4.69, 9.17) is 5.11 Å². The van der Waals surface area contributed by atoms with Gasteiger partial charge in [-0.3, -0.25) is 9.80 Å². The number of carbonyl (C=O) groups is 1. The molecule has 0 aromatic carbocycles. The van der Waals surface area contributed by atoms with Gasteiger partial charge in [-0.2, -0.15) is 0 Å². The largest absolute Gasteiger partial charge is 0.477 e. The second kappa shape index (κ2) is 5.89. The summed E-state index contributed by atoms with van der Waals surface area (Å²) in [5.74, 6) is -0.957. The smallest absolute Gasteiger partial charge is 0.354 e. The molecule has 0 amide bonds. The Hall–Kier alpha value is -1.46. The zero-order valence-corrected chi connectivity index (χ0v) is 11.7. The average molecular weight is 275 g/mol. The highest BCUT2D eigenvalue weighted by Gasteiger charge is 2.32. The minimum absolute atomic E-state index is 0.135. The Labute approximate surface area is 119 Å². The molecule has 2 saturated heterocycles. The predicted molar refractivity (Wildman–Crippen MR) is 75.7 cm³/mol. The van der Waals surface area contributed by atoms with E-state index in [9.17, 15) is 4.79 Å². The highest BCUT2D eigenvalue weighted by Crippen LogP contribution is 2.21. The summed E-state index contributed by atoms with van der Waals surface area (Å²) in [4.78, 5) is 20.0. The number of carboxylic acid groups (broad SMARTS) is 1. The molecule has 2 fully saturated rings. The molecule has 0 unspecified atom stereocenters. The Bertz CT molecular complexity index is 480. The van der Waals surface area contributed by atoms with Gasteiger partial charge in [-0.05, 0) is 38.1 Å². The molecule has 1 aromatic rings. The number of hydrogen-bond acceptors (Lipinski definition) is 4. The lowest BCUT2D eigenvalue weighted by Crippen LogP contribution is -2.59. The average Bonchev–Trinajstić information content (AvgIpc) is 2.43. The Balaban J connectivity index is 1.51. The lowest BCUT2D eigenvalue weighted by Gasteiger charge is -2.46. The standard InChI is InChI=1S/C15H21N3O2/c19-15(20)14-6-4-5-12(16-14)9-17-10-13(11-17)18-7-2-1-3-8-18/h4-6,13H,1-3,7-11H2,(H,19,20). The molecule has 0 radical (unpaired) electrons. The van der Waals surface area contributed by atoms with Gasteiger partial charge in [-0.1, -0.05) is 12.5 Å². The Morgan fingerprint density at radius 3 is 2.70 bits per heavy atom.